The van der Waals surface area contributed by atoms with Crippen LogP contribution in [0.25, 0.3) is 0 Å². The van der Waals surface area contributed by atoms with E-state index in [0.29, 0.717) is 0 Å². The van der Waals surface area contributed by atoms with Crippen molar-refractivity contribution in [3.63, 3.8) is 0 Å². The van der Waals surface area contributed by atoms with Crippen molar-refractivity contribution in [3.8, 4) is 0 Å². The van der Waals surface area contributed by atoms with Gasteiger partial charge in [0.2, 0.25) is 0 Å². The van der Waals surface area contributed by atoms with E-state index in [-0.39, 0.29) is 0 Å². The molecule has 1 aliphatic rings. The molecule has 0 saturated carbocycles. The monoisotopic (exact) mass is 70.1 g/mol. The molecule has 1 heteroatoms. The zero-order valence-electron chi connectivity index (χ0n) is 3.28. The Morgan fingerprint density at radius 1 is 1.00 bits per heavy atom. The molecule has 1 saturated heterocycles. The summed E-state index contributed by atoms with van der Waals surface area (Å²) in [4.78, 5) is 0. The van der Waals surface area contributed by atoms with Crippen LogP contribution in [0, 0.1) is 0 Å². The Labute approximate surface area is 32.4 Å². The Balaban J connectivity index is 2.08. The fraction of sp³-hybridized carbons (Fsp3) is 1.00. The van der Waals surface area contributed by atoms with Crippen LogP contribution in [0.4, 0.5) is 0 Å². The average molecular weight is 70.1 g/mol. The van der Waals surface area contributed by atoms with E-state index in [1.807, 2.05) is 0 Å². The van der Waals surface area contributed by atoms with Gasteiger partial charge in [-0.2, -0.15) is 0 Å². The zero-order valence-corrected chi connectivity index (χ0v) is 3.28. The van der Waals surface area contributed by atoms with Crippen molar-refractivity contribution in [2.75, 3.05) is 13.1 Å². The molecule has 0 aromatic rings. The quantitative estimate of drug-likeness (QED) is 0.391. The normalized spacial score (nSPS) is 24.0. The minimum atomic E-state index is 1.12. The van der Waals surface area contributed by atoms with Crippen LogP contribution in [0.5, 0.6) is 0 Å². The summed E-state index contributed by atoms with van der Waals surface area (Å²) in [5.41, 5.74) is 0. The van der Waals surface area contributed by atoms with E-state index in [1.54, 1.807) is 0 Å². The van der Waals surface area contributed by atoms with E-state index in [9.17, 15) is 0 Å². The molecular weight excluding hydrogens is 62.1 g/mol. The lowest BCUT2D eigenvalue weighted by Crippen LogP contribution is -1.92. The van der Waals surface area contributed by atoms with Crippen molar-refractivity contribution in [1.82, 2.24) is 5.32 Å². The zero-order chi connectivity index (χ0) is 3.54. The molecule has 0 unspecified atom stereocenters. The summed E-state index contributed by atoms with van der Waals surface area (Å²) in [6, 6.07) is 0. The Kier molecular flexibility index (Phi) is 0.892. The molecule has 0 N–H and O–H groups in total. The van der Waals surface area contributed by atoms with Crippen LogP contribution < -0.4 is 5.32 Å². The molecule has 1 nitrogen and oxygen atoms in total. The van der Waals surface area contributed by atoms with Gasteiger partial charge >= 0.3 is 0 Å². The van der Waals surface area contributed by atoms with Crippen molar-refractivity contribution in [2.45, 2.75) is 12.8 Å². The number of rotatable bonds is 0. The van der Waals surface area contributed by atoms with E-state index in [2.05, 4.69) is 5.32 Å². The maximum absolute atomic E-state index is 4.08. The van der Waals surface area contributed by atoms with E-state index >= 15 is 0 Å². The molecule has 1 radical (unpaired) electrons. The molecule has 1 rings (SSSR count). The third-order valence-electron chi connectivity index (χ3n) is 0.882. The number of hydrogen-bond acceptors (Lipinski definition) is 0. The fourth-order valence-corrected chi connectivity index (χ4v) is 0.559. The number of hydrogen-bond donors (Lipinski definition) is 0. The summed E-state index contributed by atoms with van der Waals surface area (Å²) >= 11 is 0. The molecule has 1 heterocycles. The summed E-state index contributed by atoms with van der Waals surface area (Å²) < 4.78 is 0. The van der Waals surface area contributed by atoms with Crippen molar-refractivity contribution in [3.05, 3.63) is 0 Å². The molecule has 29 valence electrons. The Morgan fingerprint density at radius 3 is 1.80 bits per heavy atom. The topological polar surface area (TPSA) is 14.1 Å². The lowest BCUT2D eigenvalue weighted by Gasteiger charge is -1.72. The molecule has 0 amide bonds. The second kappa shape index (κ2) is 1.41. The molecule has 0 aromatic carbocycles. The number of nitrogens with zero attached hydrogens (tertiary/aromatic N) is 1. The van der Waals surface area contributed by atoms with Gasteiger partial charge in [0.25, 0.3) is 0 Å². The highest BCUT2D eigenvalue weighted by atomic mass is 14.9. The minimum Gasteiger partial charge on any atom is -0.242 e. The predicted molar refractivity (Wildman–Crippen MR) is 21.1 cm³/mol. The van der Waals surface area contributed by atoms with E-state index in [4.69, 9.17) is 0 Å². The van der Waals surface area contributed by atoms with E-state index in [0.717, 1.165) is 13.1 Å². The van der Waals surface area contributed by atoms with Gasteiger partial charge in [-0.25, -0.2) is 5.32 Å². The van der Waals surface area contributed by atoms with Crippen molar-refractivity contribution >= 4 is 0 Å². The van der Waals surface area contributed by atoms with E-state index in [1.165, 1.54) is 12.8 Å². The predicted octanol–water partition coefficient (Wildman–Crippen LogP) is 0.385. The van der Waals surface area contributed by atoms with Crippen LogP contribution in [-0.4, -0.2) is 13.1 Å². The van der Waals surface area contributed by atoms with Gasteiger partial charge in [-0.1, -0.05) is 0 Å². The van der Waals surface area contributed by atoms with Gasteiger partial charge in [-0.3, -0.25) is 0 Å². The average Bonchev–Trinajstić information content (AvgIpc) is 1.76. The molecule has 0 spiro atoms. The lowest BCUT2D eigenvalue weighted by molar-refractivity contribution is 0.837. The fourth-order valence-electron chi connectivity index (χ4n) is 0.559. The second-order valence-corrected chi connectivity index (χ2v) is 1.38. The molecule has 0 aliphatic carbocycles. The highest BCUT2D eigenvalue weighted by Gasteiger charge is 1.95. The summed E-state index contributed by atoms with van der Waals surface area (Å²) in [7, 11) is 0. The molecule has 0 atom stereocenters. The van der Waals surface area contributed by atoms with Gasteiger partial charge in [0.1, 0.15) is 0 Å². The van der Waals surface area contributed by atoms with Gasteiger partial charge in [0.15, 0.2) is 0 Å². The van der Waals surface area contributed by atoms with Crippen LogP contribution in [0.1, 0.15) is 12.8 Å². The second-order valence-electron chi connectivity index (χ2n) is 1.38. The van der Waals surface area contributed by atoms with Crippen LogP contribution in [0.3, 0.4) is 0 Å². The highest BCUT2D eigenvalue weighted by Crippen LogP contribution is 1.92. The first-order valence-electron chi connectivity index (χ1n) is 2.13. The minimum absolute atomic E-state index is 1.12. The third-order valence-corrected chi connectivity index (χ3v) is 0.882. The first-order valence-corrected chi connectivity index (χ1v) is 2.13. The van der Waals surface area contributed by atoms with Crippen molar-refractivity contribution < 1.29 is 0 Å². The largest absolute Gasteiger partial charge is 0.242 e. The Morgan fingerprint density at radius 2 is 1.60 bits per heavy atom. The summed E-state index contributed by atoms with van der Waals surface area (Å²) in [6.07, 6.45) is 2.67. The summed E-state index contributed by atoms with van der Waals surface area (Å²) in [6.45, 7) is 2.25. The molecule has 0 bridgehead atoms. The Bertz CT molecular complexity index is 15.2. The summed E-state index contributed by atoms with van der Waals surface area (Å²) in [5.74, 6) is 0. The van der Waals surface area contributed by atoms with Crippen LogP contribution in [0.15, 0.2) is 0 Å². The van der Waals surface area contributed by atoms with Crippen molar-refractivity contribution in [2.24, 2.45) is 0 Å². The molecule has 0 aromatic heterocycles. The maximum atomic E-state index is 4.08. The SMILES string of the molecule is C1CC[N]C1. The molecule has 1 fully saturated rings. The van der Waals surface area contributed by atoms with Gasteiger partial charge in [-0.15, -0.1) is 0 Å². The van der Waals surface area contributed by atoms with Gasteiger partial charge in [-0.05, 0) is 12.8 Å². The molecule has 1 aliphatic heterocycles. The summed E-state index contributed by atoms with van der Waals surface area (Å²) in [5, 5.41) is 4.08. The first-order chi connectivity index (χ1) is 2.50. The Hall–Kier alpha value is -0.0400. The van der Waals surface area contributed by atoms with Crippen molar-refractivity contribution in [1.29, 1.82) is 0 Å². The lowest BCUT2D eigenvalue weighted by atomic mass is 10.4. The molecular formula is C4H8N. The van der Waals surface area contributed by atoms with Gasteiger partial charge < -0.3 is 0 Å². The third kappa shape index (κ3) is 0.618. The maximum Gasteiger partial charge on any atom is 0.0133 e. The van der Waals surface area contributed by atoms with Gasteiger partial charge in [0, 0.05) is 13.1 Å². The smallest absolute Gasteiger partial charge is 0.0133 e. The van der Waals surface area contributed by atoms with Crippen LogP contribution in [0.2, 0.25) is 0 Å². The standard InChI is InChI=1S/C4H8N/c1-2-4-5-3-1/h1-4H2. The van der Waals surface area contributed by atoms with E-state index < -0.39 is 0 Å². The highest BCUT2D eigenvalue weighted by molar-refractivity contribution is 4.55. The molecule has 5 heavy (non-hydrogen) atoms. The van der Waals surface area contributed by atoms with Gasteiger partial charge in [0.05, 0.1) is 0 Å². The van der Waals surface area contributed by atoms with Crippen LogP contribution in [-0.2, 0) is 0 Å². The first kappa shape index (κ1) is 3.16. The van der Waals surface area contributed by atoms with Crippen LogP contribution >= 0.6 is 0 Å².